The van der Waals surface area contributed by atoms with Gasteiger partial charge in [-0.3, -0.25) is 0 Å². The lowest BCUT2D eigenvalue weighted by Gasteiger charge is -2.26. The smallest absolute Gasteiger partial charge is 0.119 e. The van der Waals surface area contributed by atoms with Crippen LogP contribution < -0.4 is 4.74 Å². The van der Waals surface area contributed by atoms with E-state index < -0.39 is 0 Å². The summed E-state index contributed by atoms with van der Waals surface area (Å²) in [6, 6.07) is 6.30. The minimum atomic E-state index is 0.599. The van der Waals surface area contributed by atoms with Crippen LogP contribution in [0.1, 0.15) is 31.9 Å². The summed E-state index contributed by atoms with van der Waals surface area (Å²) in [5.74, 6) is 2.87. The summed E-state index contributed by atoms with van der Waals surface area (Å²) < 4.78 is 5.27. The number of ether oxygens (including phenoxy) is 1. The SMILES string of the molecule is COc1ccc(C2=CC(C)C(C(C)C)C=C2)c(C)c1. The Morgan fingerprint density at radius 1 is 1.21 bits per heavy atom. The van der Waals surface area contributed by atoms with E-state index in [2.05, 4.69) is 58.1 Å². The number of hydrogen-bond acceptors (Lipinski definition) is 1. The minimum Gasteiger partial charge on any atom is -0.497 e. The van der Waals surface area contributed by atoms with E-state index in [1.807, 2.05) is 6.07 Å². The summed E-state index contributed by atoms with van der Waals surface area (Å²) in [7, 11) is 1.71. The van der Waals surface area contributed by atoms with Crippen molar-refractivity contribution in [3.63, 3.8) is 0 Å². The second kappa shape index (κ2) is 5.64. The predicted octanol–water partition coefficient (Wildman–Crippen LogP) is 4.87. The fraction of sp³-hybridized carbons (Fsp3) is 0.444. The van der Waals surface area contributed by atoms with Crippen molar-refractivity contribution >= 4 is 5.57 Å². The van der Waals surface area contributed by atoms with Gasteiger partial charge in [0.2, 0.25) is 0 Å². The van der Waals surface area contributed by atoms with E-state index in [-0.39, 0.29) is 0 Å². The number of aryl methyl sites for hydroxylation is 1. The van der Waals surface area contributed by atoms with Gasteiger partial charge in [-0.15, -0.1) is 0 Å². The fourth-order valence-electron chi connectivity index (χ4n) is 2.94. The lowest BCUT2D eigenvalue weighted by atomic mass is 9.78. The maximum absolute atomic E-state index is 5.27. The third-order valence-electron chi connectivity index (χ3n) is 4.06. The Kier molecular flexibility index (Phi) is 4.14. The van der Waals surface area contributed by atoms with Crippen LogP contribution in [-0.2, 0) is 0 Å². The molecule has 0 amide bonds. The second-order valence-corrected chi connectivity index (χ2v) is 5.84. The maximum atomic E-state index is 5.27. The highest BCUT2D eigenvalue weighted by atomic mass is 16.5. The van der Waals surface area contributed by atoms with Gasteiger partial charge in [-0.05, 0) is 53.5 Å². The zero-order valence-corrected chi connectivity index (χ0v) is 12.6. The minimum absolute atomic E-state index is 0.599. The van der Waals surface area contributed by atoms with Crippen molar-refractivity contribution in [3.05, 3.63) is 47.6 Å². The summed E-state index contributed by atoms with van der Waals surface area (Å²) in [4.78, 5) is 0. The van der Waals surface area contributed by atoms with E-state index >= 15 is 0 Å². The van der Waals surface area contributed by atoms with Crippen molar-refractivity contribution in [3.8, 4) is 5.75 Å². The summed E-state index contributed by atoms with van der Waals surface area (Å²) in [5, 5.41) is 0. The van der Waals surface area contributed by atoms with E-state index in [1.165, 1.54) is 16.7 Å². The van der Waals surface area contributed by atoms with Crippen molar-refractivity contribution in [2.45, 2.75) is 27.7 Å². The Morgan fingerprint density at radius 2 is 1.95 bits per heavy atom. The number of rotatable bonds is 3. The Labute approximate surface area is 117 Å². The van der Waals surface area contributed by atoms with Gasteiger partial charge in [-0.1, -0.05) is 45.1 Å². The summed E-state index contributed by atoms with van der Waals surface area (Å²) >= 11 is 0. The van der Waals surface area contributed by atoms with Crippen LogP contribution in [0.4, 0.5) is 0 Å². The summed E-state index contributed by atoms with van der Waals surface area (Å²) in [6.07, 6.45) is 7.05. The highest BCUT2D eigenvalue weighted by Crippen LogP contribution is 2.34. The van der Waals surface area contributed by atoms with Crippen LogP contribution in [0.5, 0.6) is 5.75 Å². The quantitative estimate of drug-likeness (QED) is 0.750. The molecule has 2 rings (SSSR count). The molecule has 0 bridgehead atoms. The zero-order valence-electron chi connectivity index (χ0n) is 12.6. The van der Waals surface area contributed by atoms with Gasteiger partial charge in [-0.25, -0.2) is 0 Å². The average Bonchev–Trinajstić information content (AvgIpc) is 2.37. The number of allylic oxidation sites excluding steroid dienone is 4. The molecule has 0 spiro atoms. The number of hydrogen-bond donors (Lipinski definition) is 0. The highest BCUT2D eigenvalue weighted by Gasteiger charge is 2.20. The van der Waals surface area contributed by atoms with Gasteiger partial charge < -0.3 is 4.74 Å². The molecule has 0 heterocycles. The molecule has 1 heteroatoms. The number of benzene rings is 1. The van der Waals surface area contributed by atoms with Crippen LogP contribution in [0.2, 0.25) is 0 Å². The van der Waals surface area contributed by atoms with E-state index in [1.54, 1.807) is 7.11 Å². The normalized spacial score (nSPS) is 22.5. The predicted molar refractivity (Wildman–Crippen MR) is 82.3 cm³/mol. The van der Waals surface area contributed by atoms with Gasteiger partial charge in [-0.2, -0.15) is 0 Å². The molecule has 1 aliphatic carbocycles. The third kappa shape index (κ3) is 2.91. The van der Waals surface area contributed by atoms with Crippen LogP contribution in [0.15, 0.2) is 36.4 Å². The molecule has 1 aliphatic rings. The highest BCUT2D eigenvalue weighted by molar-refractivity contribution is 5.77. The van der Waals surface area contributed by atoms with Crippen molar-refractivity contribution in [2.24, 2.45) is 17.8 Å². The van der Waals surface area contributed by atoms with Crippen LogP contribution in [0, 0.1) is 24.7 Å². The number of methoxy groups -OCH3 is 1. The largest absolute Gasteiger partial charge is 0.497 e. The third-order valence-corrected chi connectivity index (χ3v) is 4.06. The van der Waals surface area contributed by atoms with Crippen molar-refractivity contribution in [1.82, 2.24) is 0 Å². The van der Waals surface area contributed by atoms with E-state index in [0.717, 1.165) is 5.75 Å². The first kappa shape index (κ1) is 13.9. The van der Waals surface area contributed by atoms with Gasteiger partial charge in [0.05, 0.1) is 7.11 Å². The van der Waals surface area contributed by atoms with E-state index in [0.29, 0.717) is 17.8 Å². The molecule has 2 atom stereocenters. The molecule has 1 aromatic rings. The molecular formula is C18H24O. The van der Waals surface area contributed by atoms with Crippen LogP contribution in [-0.4, -0.2) is 7.11 Å². The molecule has 0 radical (unpaired) electrons. The molecule has 0 saturated carbocycles. The second-order valence-electron chi connectivity index (χ2n) is 5.84. The summed E-state index contributed by atoms with van der Waals surface area (Å²) in [5.41, 5.74) is 3.92. The first-order valence-electron chi connectivity index (χ1n) is 7.08. The Balaban J connectivity index is 2.29. The topological polar surface area (TPSA) is 9.23 Å². The Bertz CT molecular complexity index is 508. The molecular weight excluding hydrogens is 232 g/mol. The molecule has 0 aromatic heterocycles. The first-order valence-corrected chi connectivity index (χ1v) is 7.08. The maximum Gasteiger partial charge on any atom is 0.119 e. The molecule has 1 nitrogen and oxygen atoms in total. The summed E-state index contributed by atoms with van der Waals surface area (Å²) in [6.45, 7) is 9.05. The zero-order chi connectivity index (χ0) is 14.0. The van der Waals surface area contributed by atoms with E-state index in [9.17, 15) is 0 Å². The molecule has 2 unspecified atom stereocenters. The van der Waals surface area contributed by atoms with Gasteiger partial charge >= 0.3 is 0 Å². The molecule has 0 saturated heterocycles. The lowest BCUT2D eigenvalue weighted by molar-refractivity contribution is 0.382. The van der Waals surface area contributed by atoms with Crippen molar-refractivity contribution in [2.75, 3.05) is 7.11 Å². The molecule has 0 N–H and O–H groups in total. The Morgan fingerprint density at radius 3 is 2.47 bits per heavy atom. The van der Waals surface area contributed by atoms with Crippen LogP contribution in [0.25, 0.3) is 5.57 Å². The fourth-order valence-corrected chi connectivity index (χ4v) is 2.94. The van der Waals surface area contributed by atoms with Gasteiger partial charge in [0.1, 0.15) is 5.75 Å². The molecule has 0 aliphatic heterocycles. The monoisotopic (exact) mass is 256 g/mol. The molecule has 102 valence electrons. The van der Waals surface area contributed by atoms with Crippen LogP contribution in [0.3, 0.4) is 0 Å². The van der Waals surface area contributed by atoms with Gasteiger partial charge in [0.15, 0.2) is 0 Å². The first-order chi connectivity index (χ1) is 9.02. The van der Waals surface area contributed by atoms with Crippen molar-refractivity contribution in [1.29, 1.82) is 0 Å². The van der Waals surface area contributed by atoms with Crippen LogP contribution >= 0.6 is 0 Å². The molecule has 0 fully saturated rings. The van der Waals surface area contributed by atoms with E-state index in [4.69, 9.17) is 4.74 Å². The molecule has 19 heavy (non-hydrogen) atoms. The average molecular weight is 256 g/mol. The standard InChI is InChI=1S/C18H24O/c1-12(2)17-8-6-15(10-13(17)3)18-9-7-16(19-5)11-14(18)4/h6-13,17H,1-5H3. The lowest BCUT2D eigenvalue weighted by Crippen LogP contribution is -2.16. The van der Waals surface area contributed by atoms with Crippen molar-refractivity contribution < 1.29 is 4.74 Å². The van der Waals surface area contributed by atoms with Gasteiger partial charge in [0.25, 0.3) is 0 Å². The van der Waals surface area contributed by atoms with Gasteiger partial charge in [0, 0.05) is 0 Å². The molecule has 1 aromatic carbocycles. The Hall–Kier alpha value is -1.50.